The molecule has 0 unspecified atom stereocenters. The molecule has 0 amide bonds. The second-order valence-electron chi connectivity index (χ2n) is 11.7. The van der Waals surface area contributed by atoms with Gasteiger partial charge in [-0.15, -0.1) is 0 Å². The van der Waals surface area contributed by atoms with Gasteiger partial charge in [0.15, 0.2) is 5.69 Å². The Labute approximate surface area is 246 Å². The first kappa shape index (κ1) is 30.3. The van der Waals surface area contributed by atoms with E-state index in [1.807, 2.05) is 0 Å². The van der Waals surface area contributed by atoms with E-state index >= 15 is 0 Å². The Morgan fingerprint density at radius 2 is 1.93 bits per heavy atom. The number of hydrogen-bond acceptors (Lipinski definition) is 8. The number of alkyl halides is 3. The van der Waals surface area contributed by atoms with Crippen LogP contribution in [0.3, 0.4) is 0 Å². The second-order valence-corrected chi connectivity index (χ2v) is 17.3. The van der Waals surface area contributed by atoms with Crippen LogP contribution in [-0.4, -0.2) is 56.0 Å². The zero-order chi connectivity index (χ0) is 30.9. The van der Waals surface area contributed by atoms with Crippen LogP contribution in [-0.2, 0) is 24.2 Å². The predicted molar refractivity (Wildman–Crippen MR) is 154 cm³/mol. The third-order valence-electron chi connectivity index (χ3n) is 7.03. The van der Waals surface area contributed by atoms with E-state index in [0.717, 1.165) is 30.8 Å². The van der Waals surface area contributed by atoms with Gasteiger partial charge in [-0.3, -0.25) is 14.8 Å². The Kier molecular flexibility index (Phi) is 8.38. The molecule has 0 radical (unpaired) electrons. The van der Waals surface area contributed by atoms with Crippen LogP contribution in [0.25, 0.3) is 22.6 Å². The highest BCUT2D eigenvalue weighted by molar-refractivity contribution is 6.76. The first-order valence-corrected chi connectivity index (χ1v) is 17.5. The van der Waals surface area contributed by atoms with E-state index < -0.39 is 24.9 Å². The smallest absolute Gasteiger partial charge is 0.434 e. The molecule has 0 spiro atoms. The number of benzene rings is 1. The fraction of sp³-hybridized carbons (Fsp3) is 0.429. The minimum atomic E-state index is -4.73. The first-order chi connectivity index (χ1) is 20.3. The first-order valence-electron chi connectivity index (χ1n) is 13.8. The van der Waals surface area contributed by atoms with Crippen molar-refractivity contribution >= 4 is 13.8 Å². The van der Waals surface area contributed by atoms with Gasteiger partial charge < -0.3 is 14.0 Å². The lowest BCUT2D eigenvalue weighted by Crippen LogP contribution is -2.22. The van der Waals surface area contributed by atoms with Gasteiger partial charge in [0.2, 0.25) is 5.88 Å². The molecule has 0 aliphatic heterocycles. The third kappa shape index (κ3) is 7.10. The van der Waals surface area contributed by atoms with Crippen LogP contribution in [0.4, 0.5) is 18.9 Å². The molecule has 0 atom stereocenters. The summed E-state index contributed by atoms with van der Waals surface area (Å²) in [6.07, 6.45) is 1.35. The maximum absolute atomic E-state index is 13.6. The lowest BCUT2D eigenvalue weighted by Gasteiger charge is -2.16. The van der Waals surface area contributed by atoms with Crippen molar-refractivity contribution in [3.63, 3.8) is 0 Å². The lowest BCUT2D eigenvalue weighted by molar-refractivity contribution is -0.384. The average molecular weight is 616 g/mol. The van der Waals surface area contributed by atoms with Gasteiger partial charge >= 0.3 is 6.18 Å². The number of imidazole rings is 1. The number of rotatable bonds is 12. The zero-order valence-electron chi connectivity index (χ0n) is 24.3. The Bertz CT molecular complexity index is 1630. The van der Waals surface area contributed by atoms with Crippen LogP contribution in [0.2, 0.25) is 25.7 Å². The van der Waals surface area contributed by atoms with Crippen LogP contribution in [0.1, 0.15) is 35.7 Å². The van der Waals surface area contributed by atoms with E-state index in [2.05, 4.69) is 39.7 Å². The molecule has 15 heteroatoms. The molecule has 43 heavy (non-hydrogen) atoms. The van der Waals surface area contributed by atoms with Crippen molar-refractivity contribution in [2.75, 3.05) is 13.7 Å². The fourth-order valence-corrected chi connectivity index (χ4v) is 5.39. The van der Waals surface area contributed by atoms with E-state index in [1.54, 1.807) is 23.0 Å². The van der Waals surface area contributed by atoms with E-state index in [4.69, 9.17) is 9.47 Å². The molecule has 1 aromatic carbocycles. The van der Waals surface area contributed by atoms with Crippen LogP contribution >= 0.6 is 0 Å². The van der Waals surface area contributed by atoms with Crippen molar-refractivity contribution in [3.8, 4) is 28.5 Å². The van der Waals surface area contributed by atoms with Crippen molar-refractivity contribution in [2.45, 2.75) is 63.9 Å². The molecule has 1 saturated carbocycles. The summed E-state index contributed by atoms with van der Waals surface area (Å²) in [4.78, 5) is 23.9. The average Bonchev–Trinajstić information content (AvgIpc) is 3.53. The minimum Gasteiger partial charge on any atom is -0.480 e. The number of aromatic nitrogens is 6. The number of hydrogen-bond donors (Lipinski definition) is 0. The summed E-state index contributed by atoms with van der Waals surface area (Å²) in [7, 11) is 0.104. The Morgan fingerprint density at radius 1 is 1.16 bits per heavy atom. The van der Waals surface area contributed by atoms with Crippen LogP contribution in [0, 0.1) is 10.1 Å². The largest absolute Gasteiger partial charge is 0.480 e. The van der Waals surface area contributed by atoms with E-state index in [9.17, 15) is 23.3 Å². The SMILES string of the molecule is COc1ncnc(C2CC2)c1-c1ccn(Cc2ccc(-c3nc(C(F)(F)F)cn3COCC[Si](C)(C)C)c([N+](=O)[O-])c2)n1. The number of nitro benzene ring substituents is 1. The summed E-state index contributed by atoms with van der Waals surface area (Å²) in [5.74, 6) is 0.549. The summed E-state index contributed by atoms with van der Waals surface area (Å²) in [5.41, 5.74) is 1.17. The molecule has 1 fully saturated rings. The molecule has 0 N–H and O–H groups in total. The standard InChI is InChI=1S/C28H32F3N7O4Si/c1-41-27-24(25(19-6-7-19)32-16-33-27)21-9-10-37(35-21)14-18-5-8-20(22(13-18)38(39)40)26-34-23(28(29,30)31)15-36(26)17-42-11-12-43(2,3)4/h5,8-10,13,15-16,19H,6-7,11-12,14,17H2,1-4H3. The Balaban J connectivity index is 1.43. The molecule has 5 rings (SSSR count). The van der Waals surface area contributed by atoms with Gasteiger partial charge in [-0.05, 0) is 36.6 Å². The highest BCUT2D eigenvalue weighted by Gasteiger charge is 2.36. The van der Waals surface area contributed by atoms with Crippen molar-refractivity contribution in [1.29, 1.82) is 0 Å². The van der Waals surface area contributed by atoms with Crippen LogP contribution < -0.4 is 4.74 Å². The molecule has 228 valence electrons. The molecular formula is C28H32F3N7O4Si. The molecule has 1 aliphatic carbocycles. The Morgan fingerprint density at radius 3 is 2.58 bits per heavy atom. The minimum absolute atomic E-state index is 0.0422. The summed E-state index contributed by atoms with van der Waals surface area (Å²) >= 11 is 0. The van der Waals surface area contributed by atoms with Gasteiger partial charge in [0, 0.05) is 39.1 Å². The molecule has 3 heterocycles. The van der Waals surface area contributed by atoms with Gasteiger partial charge in [-0.1, -0.05) is 25.7 Å². The molecule has 1 aliphatic rings. The summed E-state index contributed by atoms with van der Waals surface area (Å²) in [5, 5.41) is 16.8. The Hall–Kier alpha value is -4.11. The molecule has 0 saturated heterocycles. The fourth-order valence-electron chi connectivity index (χ4n) is 4.64. The lowest BCUT2D eigenvalue weighted by atomic mass is 10.1. The highest BCUT2D eigenvalue weighted by Crippen LogP contribution is 2.45. The molecule has 11 nitrogen and oxygen atoms in total. The maximum atomic E-state index is 13.6. The maximum Gasteiger partial charge on any atom is 0.434 e. The topological polar surface area (TPSA) is 123 Å². The molecule has 4 aromatic rings. The van der Waals surface area contributed by atoms with E-state index in [1.165, 1.54) is 30.1 Å². The van der Waals surface area contributed by atoms with Crippen molar-refractivity contribution < 1.29 is 27.6 Å². The summed E-state index contributed by atoms with van der Waals surface area (Å²) in [6, 6.07) is 6.98. The van der Waals surface area contributed by atoms with E-state index in [0.29, 0.717) is 35.2 Å². The van der Waals surface area contributed by atoms with Gasteiger partial charge in [0.25, 0.3) is 5.69 Å². The third-order valence-corrected chi connectivity index (χ3v) is 8.74. The normalized spacial score (nSPS) is 13.8. The molecule has 0 bridgehead atoms. The molecule has 3 aromatic heterocycles. The van der Waals surface area contributed by atoms with Crippen LogP contribution in [0.5, 0.6) is 5.88 Å². The van der Waals surface area contributed by atoms with Crippen molar-refractivity contribution in [1.82, 2.24) is 29.3 Å². The highest BCUT2D eigenvalue weighted by atomic mass is 28.3. The van der Waals surface area contributed by atoms with Gasteiger partial charge in [0.1, 0.15) is 18.9 Å². The monoisotopic (exact) mass is 615 g/mol. The van der Waals surface area contributed by atoms with E-state index in [-0.39, 0.29) is 30.4 Å². The number of nitro groups is 1. The summed E-state index contributed by atoms with van der Waals surface area (Å²) in [6.45, 7) is 6.81. The number of methoxy groups -OCH3 is 1. The number of halogens is 3. The van der Waals surface area contributed by atoms with Crippen LogP contribution in [0.15, 0.2) is 43.0 Å². The number of ether oxygens (including phenoxy) is 2. The summed E-state index contributed by atoms with van der Waals surface area (Å²) < 4.78 is 54.7. The van der Waals surface area contributed by atoms with Crippen molar-refractivity contribution in [2.24, 2.45) is 0 Å². The van der Waals surface area contributed by atoms with Gasteiger partial charge in [-0.25, -0.2) is 15.0 Å². The quantitative estimate of drug-likeness (QED) is 0.0779. The van der Waals surface area contributed by atoms with Gasteiger partial charge in [0.05, 0.1) is 41.1 Å². The second kappa shape index (κ2) is 11.9. The van der Waals surface area contributed by atoms with Crippen molar-refractivity contribution in [3.05, 3.63) is 70.1 Å². The predicted octanol–water partition coefficient (Wildman–Crippen LogP) is 6.38. The zero-order valence-corrected chi connectivity index (χ0v) is 25.3. The number of nitrogens with zero attached hydrogens (tertiary/aromatic N) is 7. The van der Waals surface area contributed by atoms with Gasteiger partial charge in [-0.2, -0.15) is 18.3 Å². The molecular weight excluding hydrogens is 583 g/mol.